The molecule has 466 valence electrons. The number of benzene rings is 5. The first-order valence-electron chi connectivity index (χ1n) is 35.6. The van der Waals surface area contributed by atoms with E-state index in [0.29, 0.717) is 27.7 Å². The summed E-state index contributed by atoms with van der Waals surface area (Å²) in [4.78, 5) is 15.6. The van der Waals surface area contributed by atoms with E-state index in [-0.39, 0.29) is 5.63 Å². The van der Waals surface area contributed by atoms with E-state index in [9.17, 15) is 4.79 Å². The summed E-state index contributed by atoms with van der Waals surface area (Å²) in [7, 11) is 1.73. The lowest BCUT2D eigenvalue weighted by Gasteiger charge is -2.57. The van der Waals surface area contributed by atoms with E-state index in [1.54, 1.807) is 7.11 Å². The molecular formula is C80H97N5O3S. The summed E-state index contributed by atoms with van der Waals surface area (Å²) in [6.07, 6.45) is 37.2. The summed E-state index contributed by atoms with van der Waals surface area (Å²) in [6.45, 7) is 4.90. The molecule has 0 unspecified atom stereocenters. The molecular weight excluding hydrogens is 1110 g/mol. The van der Waals surface area contributed by atoms with E-state index in [1.165, 1.54) is 214 Å². The molecule has 16 aliphatic carbocycles. The Hall–Kier alpha value is -5.16. The van der Waals surface area contributed by atoms with Crippen molar-refractivity contribution in [2.45, 2.75) is 209 Å². The zero-order chi connectivity index (χ0) is 59.3. The number of fused-ring (bicyclic) bond motifs is 4. The molecule has 0 atom stereocenters. The zero-order valence-corrected chi connectivity index (χ0v) is 53.9. The molecule has 7 aromatic rings. The van der Waals surface area contributed by atoms with Gasteiger partial charge in [-0.3, -0.25) is 4.99 Å². The maximum absolute atomic E-state index is 11.3. The molecule has 17 aliphatic rings. The molecule has 16 fully saturated rings. The third-order valence-corrected chi connectivity index (χ3v) is 26.7. The van der Waals surface area contributed by atoms with Crippen LogP contribution in [-0.4, -0.2) is 35.5 Å². The van der Waals surface area contributed by atoms with Gasteiger partial charge in [0.2, 0.25) is 0 Å². The van der Waals surface area contributed by atoms with Gasteiger partial charge in [-0.2, -0.15) is 0 Å². The van der Waals surface area contributed by atoms with Gasteiger partial charge in [-0.25, -0.2) is 4.79 Å². The highest BCUT2D eigenvalue weighted by Crippen LogP contribution is 2.59. The third kappa shape index (κ3) is 12.2. The van der Waals surface area contributed by atoms with E-state index in [4.69, 9.17) is 9.15 Å². The normalized spacial score (nSPS) is 36.2. The van der Waals surface area contributed by atoms with Gasteiger partial charge in [-0.15, -0.1) is 11.3 Å². The monoisotopic (exact) mass is 1210 g/mol. The molecule has 4 N–H and O–H groups in total. The van der Waals surface area contributed by atoms with Crippen LogP contribution in [0.5, 0.6) is 5.75 Å². The van der Waals surface area contributed by atoms with Crippen LogP contribution in [0.3, 0.4) is 0 Å². The molecule has 9 heteroatoms. The second-order valence-corrected chi connectivity index (χ2v) is 33.6. The van der Waals surface area contributed by atoms with E-state index >= 15 is 0 Å². The Morgan fingerprint density at radius 3 is 1.28 bits per heavy atom. The number of aliphatic imine (C=N–C) groups is 1. The highest BCUT2D eigenvalue weighted by molar-refractivity contribution is 7.17. The molecule has 3 heterocycles. The van der Waals surface area contributed by atoms with Crippen LogP contribution in [0.2, 0.25) is 0 Å². The fourth-order valence-electron chi connectivity index (χ4n) is 23.6. The summed E-state index contributed by atoms with van der Waals surface area (Å²) in [5.41, 5.74) is 10.5. The van der Waals surface area contributed by atoms with E-state index < -0.39 is 0 Å². The zero-order valence-electron chi connectivity index (χ0n) is 53.1. The number of methoxy groups -OCH3 is 1. The van der Waals surface area contributed by atoms with Crippen LogP contribution in [0.1, 0.15) is 187 Å². The van der Waals surface area contributed by atoms with Crippen molar-refractivity contribution in [2.24, 2.45) is 76.0 Å². The van der Waals surface area contributed by atoms with Crippen LogP contribution in [0, 0.1) is 71.0 Å². The number of hydrogen-bond acceptors (Lipinski definition) is 9. The summed E-state index contributed by atoms with van der Waals surface area (Å²) in [5.74, 6) is 13.0. The van der Waals surface area contributed by atoms with Crippen LogP contribution in [0.4, 0.5) is 0 Å². The lowest BCUT2D eigenvalue weighted by atomic mass is 9.53. The average molecular weight is 1210 g/mol. The standard InChI is InChI=1S/C22H27NO.C20H23NO2.C19H24N2.C19H23NS/c1-24-21-5-4-19-9-15(2-3-20(19)10-21)14-23-22-11-16-6-17(12-22)8-18(7-16)13-22;22-19-4-2-17-8-13(1-3-18(17)23-19)12-21-20-9-14-5-15(10-20)7-16(6-14)11-20;1-2-17-11-20-12-18(17)6-13(1)10-21-19-7-14-3-15(8-19)5-16(4-14)9-19;1-2-18-17(3-4-21-18)8-13(1)12-20-19-9-14-5-15(10-19)7-16(6-14)11-19/h2-5,9-10,16-18,23H,6-8,11-14H2,1H3;1-4,8,14-16,21H,5-7,9-12H2;1-2,6,11,14-16,21H,3-5,7-10,12H2;1-4,8,14-16,20H,5-7,9-12H2. The number of rotatable bonds is 13. The maximum atomic E-state index is 11.3. The molecule has 0 radical (unpaired) electrons. The van der Waals surface area contributed by atoms with Crippen LogP contribution in [0.15, 0.2) is 129 Å². The summed E-state index contributed by atoms with van der Waals surface area (Å²) >= 11 is 1.84. The van der Waals surface area contributed by atoms with Crippen molar-refractivity contribution in [3.63, 3.8) is 0 Å². The van der Waals surface area contributed by atoms with Gasteiger partial charge < -0.3 is 30.4 Å². The second-order valence-electron chi connectivity index (χ2n) is 32.7. The molecule has 16 bridgehead atoms. The van der Waals surface area contributed by atoms with Gasteiger partial charge >= 0.3 is 5.63 Å². The topological polar surface area (TPSA) is 99.9 Å². The SMILES string of the molecule is C1=NCc2cc(CNC34CC5CC(CC(C5)C3)C4)ccc21.COc1ccc2cc(CNC34CC5CC(CC(C5)C3)C4)ccc2c1.O=c1ccc2cc(CNC34CC5CC(CC(C5)C3)C4)ccc2o1.c1cc2cc(CNC34CC5CC(CC(C5)C3)C4)ccc2s1. The first-order valence-corrected chi connectivity index (χ1v) is 36.5. The summed E-state index contributed by atoms with van der Waals surface area (Å²) in [5, 5.41) is 23.1. The maximum Gasteiger partial charge on any atom is 0.336 e. The number of nitrogens with zero attached hydrogens (tertiary/aromatic N) is 1. The molecule has 24 rings (SSSR count). The molecule has 5 aromatic carbocycles. The van der Waals surface area contributed by atoms with Crippen molar-refractivity contribution in [1.82, 2.24) is 21.3 Å². The summed E-state index contributed by atoms with van der Waals surface area (Å²) in [6, 6.07) is 38.8. The van der Waals surface area contributed by atoms with Crippen molar-refractivity contribution in [3.8, 4) is 5.75 Å². The number of nitrogens with one attached hydrogen (secondary N) is 4. The van der Waals surface area contributed by atoms with Crippen molar-refractivity contribution in [3.05, 3.63) is 158 Å². The molecule has 8 nitrogen and oxygen atoms in total. The Labute approximate surface area is 533 Å². The Morgan fingerprint density at radius 1 is 0.427 bits per heavy atom. The minimum Gasteiger partial charge on any atom is -0.497 e. The van der Waals surface area contributed by atoms with Crippen LogP contribution < -0.4 is 31.6 Å². The Morgan fingerprint density at radius 2 is 0.809 bits per heavy atom. The average Bonchev–Trinajstić information content (AvgIpc) is 2.48. The fourth-order valence-corrected chi connectivity index (χ4v) is 24.4. The molecule has 0 spiro atoms. The van der Waals surface area contributed by atoms with Gasteiger partial charge in [-0.1, -0.05) is 48.5 Å². The van der Waals surface area contributed by atoms with Crippen LogP contribution in [-0.2, 0) is 32.7 Å². The molecule has 89 heavy (non-hydrogen) atoms. The van der Waals surface area contributed by atoms with Crippen molar-refractivity contribution < 1.29 is 9.15 Å². The van der Waals surface area contributed by atoms with E-state index in [0.717, 1.165) is 115 Å². The van der Waals surface area contributed by atoms with Crippen molar-refractivity contribution in [2.75, 3.05) is 7.11 Å². The molecule has 2 aromatic heterocycles. The van der Waals surface area contributed by atoms with Crippen LogP contribution >= 0.6 is 11.3 Å². The molecule has 16 saturated carbocycles. The van der Waals surface area contributed by atoms with Crippen LogP contribution in [0.25, 0.3) is 31.8 Å². The van der Waals surface area contributed by atoms with Gasteiger partial charge in [0.15, 0.2) is 0 Å². The Kier molecular flexibility index (Phi) is 15.2. The number of hydrogen-bond donors (Lipinski definition) is 4. The fraction of sp³-hybridized carbons (Fsp3) is 0.575. The predicted molar refractivity (Wildman–Crippen MR) is 364 cm³/mol. The second kappa shape index (κ2) is 23.4. The minimum atomic E-state index is -0.281. The molecule has 0 amide bonds. The molecule has 1 aliphatic heterocycles. The lowest BCUT2D eigenvalue weighted by molar-refractivity contribution is -0.0207. The highest BCUT2D eigenvalue weighted by Gasteiger charge is 2.54. The Balaban J connectivity index is 0.0000000919. The van der Waals surface area contributed by atoms with Gasteiger partial charge in [0.05, 0.1) is 13.7 Å². The Bertz CT molecular complexity index is 3690. The van der Waals surface area contributed by atoms with Gasteiger partial charge in [0, 0.05) is 70.7 Å². The first-order chi connectivity index (χ1) is 43.4. The first kappa shape index (κ1) is 57.7. The van der Waals surface area contributed by atoms with Gasteiger partial charge in [-0.05, 0) is 335 Å². The highest BCUT2D eigenvalue weighted by atomic mass is 32.1. The minimum absolute atomic E-state index is 0.281. The number of thiophene rings is 1. The van der Waals surface area contributed by atoms with Gasteiger partial charge in [0.25, 0.3) is 0 Å². The predicted octanol–water partition coefficient (Wildman–Crippen LogP) is 17.4. The van der Waals surface area contributed by atoms with Crippen molar-refractivity contribution in [1.29, 1.82) is 0 Å². The van der Waals surface area contributed by atoms with Crippen molar-refractivity contribution >= 4 is 49.4 Å². The third-order valence-electron chi connectivity index (χ3n) is 25.8. The summed E-state index contributed by atoms with van der Waals surface area (Å²) < 4.78 is 12.0. The molecule has 0 saturated heterocycles. The van der Waals surface area contributed by atoms with Gasteiger partial charge in [0.1, 0.15) is 11.3 Å². The largest absolute Gasteiger partial charge is 0.497 e. The van der Waals surface area contributed by atoms with E-state index in [2.05, 4.69) is 123 Å². The van der Waals surface area contributed by atoms with E-state index in [1.807, 2.05) is 29.7 Å². The quantitative estimate of drug-likeness (QED) is 0.0854. The smallest absolute Gasteiger partial charge is 0.336 e. The number of ether oxygens (including phenoxy) is 1. The lowest BCUT2D eigenvalue weighted by Crippen LogP contribution is -2.58.